The molecule has 0 radical (unpaired) electrons. The molecule has 0 spiro atoms. The number of hydrogen-bond donors (Lipinski definition) is 0. The van der Waals surface area contributed by atoms with Gasteiger partial charge in [-0.3, -0.25) is 0 Å². The van der Waals surface area contributed by atoms with Crippen molar-refractivity contribution in [1.82, 2.24) is 0 Å². The van der Waals surface area contributed by atoms with Crippen molar-refractivity contribution in [3.05, 3.63) is 23.9 Å². The highest BCUT2D eigenvalue weighted by molar-refractivity contribution is 7.78. The van der Waals surface area contributed by atoms with Crippen LogP contribution in [0.1, 0.15) is 19.8 Å². The first-order valence-electron chi connectivity index (χ1n) is 3.82. The lowest BCUT2D eigenvalue weighted by Crippen LogP contribution is -2.05. The number of allylic oxidation sites excluding steroid dienone is 4. The summed E-state index contributed by atoms with van der Waals surface area (Å²) in [5, 5.41) is 2.36. The predicted octanol–water partition coefficient (Wildman–Crippen LogP) is 2.96. The van der Waals surface area contributed by atoms with Crippen molar-refractivity contribution in [3.8, 4) is 0 Å². The Balaban J connectivity index is 2.38. The maximum atomic E-state index is 4.48. The van der Waals surface area contributed by atoms with Crippen molar-refractivity contribution in [2.75, 3.05) is 0 Å². The topological polar surface area (TPSA) is 12.4 Å². The third-order valence-electron chi connectivity index (χ3n) is 1.66. The van der Waals surface area contributed by atoms with Gasteiger partial charge >= 0.3 is 0 Å². The van der Waals surface area contributed by atoms with Gasteiger partial charge in [-0.05, 0) is 25.1 Å². The molecular weight excluding hydrogens is 154 g/mol. The van der Waals surface area contributed by atoms with E-state index in [1.807, 2.05) is 0 Å². The van der Waals surface area contributed by atoms with Gasteiger partial charge in [0.15, 0.2) is 0 Å². The zero-order valence-electron chi connectivity index (χ0n) is 6.58. The Morgan fingerprint density at radius 1 is 1.91 bits per heavy atom. The molecule has 2 heteroatoms. The normalized spacial score (nSPS) is 22.3. The van der Waals surface area contributed by atoms with E-state index in [2.05, 4.69) is 47.5 Å². The van der Waals surface area contributed by atoms with E-state index >= 15 is 0 Å². The second-order valence-corrected chi connectivity index (χ2v) is 2.75. The molecule has 1 atom stereocenters. The van der Waals surface area contributed by atoms with Crippen LogP contribution in [0.25, 0.3) is 0 Å². The summed E-state index contributed by atoms with van der Waals surface area (Å²) in [5.74, 6) is 0.594. The standard InChI is InChI=1S/C9H11NS/c1-2-3-4-8-5-9(6-8)10-7-11/h3-5,8H,2,6H2,1H3/b4-3+. The van der Waals surface area contributed by atoms with E-state index in [0.717, 1.165) is 18.5 Å². The average Bonchev–Trinajstić information content (AvgIpc) is 1.94. The smallest absolute Gasteiger partial charge is 0.0637 e. The Kier molecular flexibility index (Phi) is 3.21. The van der Waals surface area contributed by atoms with Gasteiger partial charge in [-0.15, -0.1) is 0 Å². The van der Waals surface area contributed by atoms with Crippen molar-refractivity contribution in [2.45, 2.75) is 19.8 Å². The molecule has 11 heavy (non-hydrogen) atoms. The largest absolute Gasteiger partial charge is 0.200 e. The van der Waals surface area contributed by atoms with E-state index in [1.165, 1.54) is 0 Å². The van der Waals surface area contributed by atoms with Crippen molar-refractivity contribution >= 4 is 17.4 Å². The summed E-state index contributed by atoms with van der Waals surface area (Å²) in [4.78, 5) is 3.88. The Hall–Kier alpha value is -0.720. The number of isothiocyanates is 1. The molecule has 1 aliphatic carbocycles. The fraction of sp³-hybridized carbons (Fsp3) is 0.444. The quantitative estimate of drug-likeness (QED) is 0.356. The molecule has 0 fully saturated rings. The van der Waals surface area contributed by atoms with Crippen LogP contribution in [-0.4, -0.2) is 5.16 Å². The Bertz CT molecular complexity index is 234. The van der Waals surface area contributed by atoms with Crippen LogP contribution in [0.3, 0.4) is 0 Å². The number of aliphatic imine (C=N–C) groups is 1. The molecule has 1 unspecified atom stereocenters. The second kappa shape index (κ2) is 4.22. The number of thiocarbonyl (C=S) groups is 1. The third kappa shape index (κ3) is 2.41. The molecule has 0 amide bonds. The molecule has 0 bridgehead atoms. The maximum Gasteiger partial charge on any atom is 0.0637 e. The van der Waals surface area contributed by atoms with Crippen molar-refractivity contribution in [1.29, 1.82) is 0 Å². The molecule has 0 saturated carbocycles. The monoisotopic (exact) mass is 165 g/mol. The van der Waals surface area contributed by atoms with Crippen LogP contribution in [0, 0.1) is 5.92 Å². The molecule has 1 aliphatic rings. The molecule has 1 rings (SSSR count). The lowest BCUT2D eigenvalue weighted by atomic mass is 9.91. The van der Waals surface area contributed by atoms with Gasteiger partial charge < -0.3 is 0 Å². The predicted molar refractivity (Wildman–Crippen MR) is 50.6 cm³/mol. The van der Waals surface area contributed by atoms with E-state index in [0.29, 0.717) is 5.92 Å². The summed E-state index contributed by atoms with van der Waals surface area (Å²) in [7, 11) is 0. The minimum absolute atomic E-state index is 0.594. The Morgan fingerprint density at radius 3 is 3.18 bits per heavy atom. The van der Waals surface area contributed by atoms with Crippen LogP contribution in [0.5, 0.6) is 0 Å². The number of nitrogens with zero attached hydrogens (tertiary/aromatic N) is 1. The van der Waals surface area contributed by atoms with Gasteiger partial charge in [0.25, 0.3) is 0 Å². The van der Waals surface area contributed by atoms with Crippen LogP contribution in [0.2, 0.25) is 0 Å². The molecule has 0 N–H and O–H groups in total. The highest BCUT2D eigenvalue weighted by Gasteiger charge is 2.14. The molecule has 0 aromatic carbocycles. The lowest BCUT2D eigenvalue weighted by Gasteiger charge is -2.17. The molecule has 0 aromatic rings. The van der Waals surface area contributed by atoms with E-state index in [4.69, 9.17) is 0 Å². The summed E-state index contributed by atoms with van der Waals surface area (Å²) < 4.78 is 0. The van der Waals surface area contributed by atoms with Crippen molar-refractivity contribution in [2.24, 2.45) is 10.9 Å². The first kappa shape index (κ1) is 8.38. The Morgan fingerprint density at radius 2 is 2.64 bits per heavy atom. The molecule has 0 heterocycles. The zero-order chi connectivity index (χ0) is 8.10. The van der Waals surface area contributed by atoms with Gasteiger partial charge in [0.1, 0.15) is 0 Å². The minimum atomic E-state index is 0.594. The maximum absolute atomic E-state index is 4.48. The molecule has 0 aromatic heterocycles. The van der Waals surface area contributed by atoms with Gasteiger partial charge in [-0.1, -0.05) is 25.2 Å². The van der Waals surface area contributed by atoms with Crippen LogP contribution in [-0.2, 0) is 0 Å². The second-order valence-electron chi connectivity index (χ2n) is 2.57. The summed E-state index contributed by atoms with van der Waals surface area (Å²) in [6.07, 6.45) is 8.64. The van der Waals surface area contributed by atoms with Gasteiger partial charge in [0, 0.05) is 11.6 Å². The van der Waals surface area contributed by atoms with E-state index in [1.54, 1.807) is 0 Å². The van der Waals surface area contributed by atoms with Gasteiger partial charge in [-0.25, -0.2) is 0 Å². The number of hydrogen-bond acceptors (Lipinski definition) is 2. The summed E-state index contributed by atoms with van der Waals surface area (Å²) in [5.41, 5.74) is 1.07. The third-order valence-corrected chi connectivity index (χ3v) is 1.75. The average molecular weight is 165 g/mol. The van der Waals surface area contributed by atoms with Crippen molar-refractivity contribution < 1.29 is 0 Å². The van der Waals surface area contributed by atoms with E-state index < -0.39 is 0 Å². The summed E-state index contributed by atoms with van der Waals surface area (Å²) in [6.45, 7) is 2.13. The van der Waals surface area contributed by atoms with Crippen LogP contribution in [0.15, 0.2) is 28.9 Å². The van der Waals surface area contributed by atoms with Crippen LogP contribution >= 0.6 is 12.2 Å². The summed E-state index contributed by atoms with van der Waals surface area (Å²) >= 11 is 4.48. The minimum Gasteiger partial charge on any atom is -0.200 e. The van der Waals surface area contributed by atoms with Gasteiger partial charge in [0.05, 0.1) is 5.16 Å². The molecular formula is C9H11NS. The number of rotatable bonds is 3. The lowest BCUT2D eigenvalue weighted by molar-refractivity contribution is 0.696. The Labute approximate surface area is 72.5 Å². The first-order chi connectivity index (χ1) is 5.36. The van der Waals surface area contributed by atoms with E-state index in [9.17, 15) is 0 Å². The van der Waals surface area contributed by atoms with E-state index in [-0.39, 0.29) is 0 Å². The first-order valence-corrected chi connectivity index (χ1v) is 4.23. The SMILES string of the molecule is CC/C=C/C1C=C(N=C=S)C1. The van der Waals surface area contributed by atoms with Crippen LogP contribution in [0.4, 0.5) is 0 Å². The highest BCUT2D eigenvalue weighted by atomic mass is 32.1. The molecule has 0 aliphatic heterocycles. The molecule has 58 valence electrons. The van der Waals surface area contributed by atoms with Gasteiger partial charge in [0.2, 0.25) is 0 Å². The summed E-state index contributed by atoms with van der Waals surface area (Å²) in [6, 6.07) is 0. The molecule has 1 nitrogen and oxygen atoms in total. The van der Waals surface area contributed by atoms with Crippen molar-refractivity contribution in [3.63, 3.8) is 0 Å². The highest BCUT2D eigenvalue weighted by Crippen LogP contribution is 2.27. The zero-order valence-corrected chi connectivity index (χ0v) is 7.40. The van der Waals surface area contributed by atoms with Crippen LogP contribution < -0.4 is 0 Å². The fourth-order valence-corrected chi connectivity index (χ4v) is 1.15. The van der Waals surface area contributed by atoms with Gasteiger partial charge in [-0.2, -0.15) is 4.99 Å². The molecule has 0 saturated heterocycles. The fourth-order valence-electron chi connectivity index (χ4n) is 1.03.